The average Bonchev–Trinajstić information content (AvgIpc) is 2.40. The van der Waals surface area contributed by atoms with Gasteiger partial charge in [-0.1, -0.05) is 17.4 Å². The molecule has 0 spiro atoms. The number of rotatable bonds is 1. The van der Waals surface area contributed by atoms with Gasteiger partial charge in [0.05, 0.1) is 10.2 Å². The summed E-state index contributed by atoms with van der Waals surface area (Å²) in [6.45, 7) is 7.19. The Morgan fingerprint density at radius 3 is 2.71 bits per heavy atom. The van der Waals surface area contributed by atoms with Crippen LogP contribution in [0.3, 0.4) is 0 Å². The summed E-state index contributed by atoms with van der Waals surface area (Å²) >= 11 is 1.56. The fourth-order valence-electron chi connectivity index (χ4n) is 1.91. The van der Waals surface area contributed by atoms with Gasteiger partial charge in [-0.15, -0.1) is 0 Å². The molecule has 1 aromatic carbocycles. The minimum Gasteiger partial charge on any atom is -0.317 e. The fourth-order valence-corrected chi connectivity index (χ4v) is 3.06. The van der Waals surface area contributed by atoms with Crippen molar-refractivity contribution < 1.29 is 0 Å². The van der Waals surface area contributed by atoms with Crippen molar-refractivity contribution in [2.24, 2.45) is 0 Å². The smallest absolute Gasteiger partial charge is 0.182 e. The van der Waals surface area contributed by atoms with Crippen LogP contribution in [-0.2, 0) is 6.54 Å². The van der Waals surface area contributed by atoms with E-state index in [1.807, 2.05) is 0 Å². The van der Waals surface area contributed by atoms with Crippen LogP contribution in [0.1, 0.15) is 18.1 Å². The second kappa shape index (κ2) is 3.24. The standard InChI is InChI=1S/C11H14N2S/c1-4-13-10-8(3)5-7(2)6-9(10)14-11(13)12/h5-6,12H,4H2,1-3H3. The molecule has 0 bridgehead atoms. The van der Waals surface area contributed by atoms with Crippen LogP contribution in [0.2, 0.25) is 0 Å². The zero-order valence-electron chi connectivity index (χ0n) is 8.72. The van der Waals surface area contributed by atoms with Crippen LogP contribution in [0.5, 0.6) is 0 Å². The number of aryl methyl sites for hydroxylation is 3. The number of fused-ring (bicyclic) bond motifs is 1. The van der Waals surface area contributed by atoms with Gasteiger partial charge in [0.2, 0.25) is 0 Å². The highest BCUT2D eigenvalue weighted by atomic mass is 32.1. The number of aromatic nitrogens is 1. The molecule has 2 aromatic rings. The number of benzene rings is 1. The fraction of sp³-hybridized carbons (Fsp3) is 0.364. The van der Waals surface area contributed by atoms with Crippen molar-refractivity contribution in [2.45, 2.75) is 27.3 Å². The van der Waals surface area contributed by atoms with E-state index < -0.39 is 0 Å². The number of hydrogen-bond acceptors (Lipinski definition) is 2. The van der Waals surface area contributed by atoms with Gasteiger partial charge in [-0.05, 0) is 38.0 Å². The lowest BCUT2D eigenvalue weighted by Gasteiger charge is -2.03. The first-order valence-corrected chi connectivity index (χ1v) is 5.60. The van der Waals surface area contributed by atoms with Crippen molar-refractivity contribution in [3.05, 3.63) is 28.1 Å². The predicted octanol–water partition coefficient (Wildman–Crippen LogP) is 2.82. The maximum Gasteiger partial charge on any atom is 0.182 e. The summed E-state index contributed by atoms with van der Waals surface area (Å²) in [5.74, 6) is 0. The monoisotopic (exact) mass is 206 g/mol. The number of hydrogen-bond donors (Lipinski definition) is 1. The van der Waals surface area contributed by atoms with E-state index in [1.165, 1.54) is 21.3 Å². The van der Waals surface area contributed by atoms with Crippen LogP contribution in [0, 0.1) is 19.3 Å². The molecular formula is C11H14N2S. The summed E-state index contributed by atoms with van der Waals surface area (Å²) < 4.78 is 3.30. The zero-order valence-corrected chi connectivity index (χ0v) is 9.53. The van der Waals surface area contributed by atoms with Gasteiger partial charge in [-0.3, -0.25) is 5.41 Å². The first kappa shape index (κ1) is 9.46. The summed E-state index contributed by atoms with van der Waals surface area (Å²) in [6, 6.07) is 4.35. The molecule has 0 aliphatic heterocycles. The Kier molecular flexibility index (Phi) is 2.19. The van der Waals surface area contributed by atoms with Crippen molar-refractivity contribution >= 4 is 21.6 Å². The lowest BCUT2D eigenvalue weighted by Crippen LogP contribution is -2.11. The Labute approximate surface area is 87.3 Å². The van der Waals surface area contributed by atoms with Gasteiger partial charge in [-0.2, -0.15) is 0 Å². The van der Waals surface area contributed by atoms with Crippen molar-refractivity contribution in [1.29, 1.82) is 5.41 Å². The van der Waals surface area contributed by atoms with Crippen LogP contribution < -0.4 is 4.80 Å². The minimum absolute atomic E-state index is 0.649. The van der Waals surface area contributed by atoms with E-state index in [2.05, 4.69) is 37.5 Å². The molecule has 0 amide bonds. The highest BCUT2D eigenvalue weighted by molar-refractivity contribution is 7.16. The SMILES string of the molecule is CCn1c(=N)sc2cc(C)cc(C)c21. The van der Waals surface area contributed by atoms with Gasteiger partial charge in [0, 0.05) is 6.54 Å². The van der Waals surface area contributed by atoms with Crippen molar-refractivity contribution in [2.75, 3.05) is 0 Å². The number of thiazole rings is 1. The zero-order chi connectivity index (χ0) is 10.3. The first-order valence-electron chi connectivity index (χ1n) is 4.78. The van der Waals surface area contributed by atoms with Crippen LogP contribution in [0.4, 0.5) is 0 Å². The van der Waals surface area contributed by atoms with Gasteiger partial charge >= 0.3 is 0 Å². The van der Waals surface area contributed by atoms with Gasteiger partial charge in [-0.25, -0.2) is 0 Å². The van der Waals surface area contributed by atoms with Gasteiger partial charge in [0.15, 0.2) is 4.80 Å². The quantitative estimate of drug-likeness (QED) is 0.743. The minimum atomic E-state index is 0.649. The number of nitrogens with zero attached hydrogens (tertiary/aromatic N) is 1. The Hall–Kier alpha value is -1.09. The molecule has 74 valence electrons. The normalized spacial score (nSPS) is 11.1. The van der Waals surface area contributed by atoms with Gasteiger partial charge in [0.1, 0.15) is 0 Å². The summed E-state index contributed by atoms with van der Waals surface area (Å²) in [5, 5.41) is 7.85. The second-order valence-electron chi connectivity index (χ2n) is 3.58. The Morgan fingerprint density at radius 2 is 2.07 bits per heavy atom. The largest absolute Gasteiger partial charge is 0.317 e. The lowest BCUT2D eigenvalue weighted by molar-refractivity contribution is 0.753. The average molecular weight is 206 g/mol. The molecule has 2 nitrogen and oxygen atoms in total. The summed E-state index contributed by atoms with van der Waals surface area (Å²) in [7, 11) is 0. The molecular weight excluding hydrogens is 192 g/mol. The van der Waals surface area contributed by atoms with E-state index in [9.17, 15) is 0 Å². The Morgan fingerprint density at radius 1 is 1.36 bits per heavy atom. The molecule has 1 aromatic heterocycles. The summed E-state index contributed by atoms with van der Waals surface area (Å²) in [4.78, 5) is 0.649. The molecule has 0 saturated carbocycles. The molecule has 0 aliphatic rings. The highest BCUT2D eigenvalue weighted by Crippen LogP contribution is 2.22. The van der Waals surface area contributed by atoms with E-state index in [0.29, 0.717) is 4.80 Å². The summed E-state index contributed by atoms with van der Waals surface area (Å²) in [6.07, 6.45) is 0. The second-order valence-corrected chi connectivity index (χ2v) is 4.61. The molecule has 1 N–H and O–H groups in total. The van der Waals surface area contributed by atoms with Crippen LogP contribution >= 0.6 is 11.3 Å². The molecule has 2 rings (SSSR count). The Balaban J connectivity index is 2.95. The third-order valence-corrected chi connectivity index (χ3v) is 3.39. The maximum atomic E-state index is 7.85. The topological polar surface area (TPSA) is 28.8 Å². The van der Waals surface area contributed by atoms with Gasteiger partial charge in [0.25, 0.3) is 0 Å². The van der Waals surface area contributed by atoms with Crippen LogP contribution in [0.15, 0.2) is 12.1 Å². The van der Waals surface area contributed by atoms with Gasteiger partial charge < -0.3 is 4.57 Å². The van der Waals surface area contributed by atoms with Crippen LogP contribution in [-0.4, -0.2) is 4.57 Å². The van der Waals surface area contributed by atoms with E-state index in [1.54, 1.807) is 11.3 Å². The van der Waals surface area contributed by atoms with E-state index in [0.717, 1.165) is 6.54 Å². The molecule has 0 radical (unpaired) electrons. The molecule has 1 heterocycles. The van der Waals surface area contributed by atoms with E-state index in [4.69, 9.17) is 5.41 Å². The van der Waals surface area contributed by atoms with E-state index >= 15 is 0 Å². The number of nitrogens with one attached hydrogen (secondary N) is 1. The van der Waals surface area contributed by atoms with E-state index in [-0.39, 0.29) is 0 Å². The molecule has 14 heavy (non-hydrogen) atoms. The maximum absolute atomic E-state index is 7.85. The Bertz CT molecular complexity index is 534. The molecule has 3 heteroatoms. The van der Waals surface area contributed by atoms with Crippen molar-refractivity contribution in [1.82, 2.24) is 4.57 Å². The predicted molar refractivity (Wildman–Crippen MR) is 60.8 cm³/mol. The highest BCUT2D eigenvalue weighted by Gasteiger charge is 2.06. The molecule has 0 atom stereocenters. The third-order valence-electron chi connectivity index (χ3n) is 2.45. The van der Waals surface area contributed by atoms with Crippen LogP contribution in [0.25, 0.3) is 10.2 Å². The molecule has 0 aliphatic carbocycles. The first-order chi connectivity index (χ1) is 6.63. The molecule has 0 saturated heterocycles. The van der Waals surface area contributed by atoms with Crippen molar-refractivity contribution in [3.63, 3.8) is 0 Å². The molecule has 0 fully saturated rings. The molecule has 0 unspecified atom stereocenters. The lowest BCUT2D eigenvalue weighted by atomic mass is 10.1. The summed E-state index contributed by atoms with van der Waals surface area (Å²) in [5.41, 5.74) is 3.78. The van der Waals surface area contributed by atoms with Crippen molar-refractivity contribution in [3.8, 4) is 0 Å². The third kappa shape index (κ3) is 1.28.